The second-order valence-corrected chi connectivity index (χ2v) is 2.97. The molecule has 1 nitrogen and oxygen atoms in total. The van der Waals surface area contributed by atoms with Gasteiger partial charge in [0.25, 0.3) is 0 Å². The minimum Gasteiger partial charge on any atom is -0.368 e. The normalized spacial score (nSPS) is 14.4. The highest BCUT2D eigenvalue weighted by molar-refractivity contribution is 5.49. The van der Waals surface area contributed by atoms with Crippen molar-refractivity contribution in [2.75, 3.05) is 7.11 Å². The Morgan fingerprint density at radius 2 is 1.80 bits per heavy atom. The summed E-state index contributed by atoms with van der Waals surface area (Å²) in [6.45, 7) is 0. The summed E-state index contributed by atoms with van der Waals surface area (Å²) in [4.78, 5) is 0. The average molecular weight is 216 g/mol. The molecule has 4 heteroatoms. The zero-order valence-electron chi connectivity index (χ0n) is 8.16. The molecule has 0 spiro atoms. The molecule has 1 unspecified atom stereocenters. The lowest BCUT2D eigenvalue weighted by atomic mass is 10.2. The number of methoxy groups -OCH3 is 1. The third-order valence-corrected chi connectivity index (χ3v) is 1.84. The Morgan fingerprint density at radius 3 is 2.27 bits per heavy atom. The number of halogens is 3. The molecule has 1 aromatic rings. The summed E-state index contributed by atoms with van der Waals surface area (Å²) in [7, 11) is 1.04. The smallest absolute Gasteiger partial charge is 0.368 e. The Hall–Kier alpha value is -1.29. The van der Waals surface area contributed by atoms with Crippen LogP contribution in [0.5, 0.6) is 0 Å². The summed E-state index contributed by atoms with van der Waals surface area (Å²) in [6, 6.07) is 8.76. The molecule has 0 aliphatic heterocycles. The van der Waals surface area contributed by atoms with Gasteiger partial charge in [-0.2, -0.15) is 13.2 Å². The van der Waals surface area contributed by atoms with Gasteiger partial charge < -0.3 is 4.74 Å². The zero-order chi connectivity index (χ0) is 11.3. The monoisotopic (exact) mass is 216 g/mol. The van der Waals surface area contributed by atoms with Crippen LogP contribution in [0.3, 0.4) is 0 Å². The first-order chi connectivity index (χ1) is 7.04. The fourth-order valence-corrected chi connectivity index (χ4v) is 1.08. The van der Waals surface area contributed by atoms with Crippen molar-refractivity contribution in [2.24, 2.45) is 0 Å². The van der Waals surface area contributed by atoms with Crippen LogP contribution in [0.15, 0.2) is 36.4 Å². The van der Waals surface area contributed by atoms with Gasteiger partial charge in [-0.25, -0.2) is 0 Å². The van der Waals surface area contributed by atoms with E-state index in [0.717, 1.165) is 13.2 Å². The number of rotatable bonds is 3. The van der Waals surface area contributed by atoms with Gasteiger partial charge in [0.1, 0.15) is 0 Å². The molecule has 1 atom stereocenters. The van der Waals surface area contributed by atoms with Crippen LogP contribution in [-0.4, -0.2) is 19.4 Å². The van der Waals surface area contributed by atoms with Crippen molar-refractivity contribution >= 4 is 6.08 Å². The molecule has 1 rings (SSSR count). The summed E-state index contributed by atoms with van der Waals surface area (Å²) < 4.78 is 41.1. The number of alkyl halides is 3. The SMILES string of the molecule is COC(/C=C/c1ccccc1)C(F)(F)F. The van der Waals surface area contributed by atoms with E-state index in [1.165, 1.54) is 6.08 Å². The van der Waals surface area contributed by atoms with E-state index in [1.807, 2.05) is 0 Å². The van der Waals surface area contributed by atoms with Gasteiger partial charge in [0.2, 0.25) is 0 Å². The highest BCUT2D eigenvalue weighted by Gasteiger charge is 2.37. The lowest BCUT2D eigenvalue weighted by molar-refractivity contribution is -0.196. The van der Waals surface area contributed by atoms with E-state index in [1.54, 1.807) is 30.3 Å². The van der Waals surface area contributed by atoms with Gasteiger partial charge in [-0.3, -0.25) is 0 Å². The standard InChI is InChI=1S/C11H11F3O/c1-15-10(11(12,13)14)8-7-9-5-3-2-4-6-9/h2-8,10H,1H3/b8-7+. The van der Waals surface area contributed by atoms with Gasteiger partial charge in [0, 0.05) is 7.11 Å². The van der Waals surface area contributed by atoms with Crippen molar-refractivity contribution in [3.8, 4) is 0 Å². The fraction of sp³-hybridized carbons (Fsp3) is 0.273. The van der Waals surface area contributed by atoms with E-state index in [4.69, 9.17) is 0 Å². The van der Waals surface area contributed by atoms with E-state index in [0.29, 0.717) is 5.56 Å². The first-order valence-corrected chi connectivity index (χ1v) is 4.37. The minimum atomic E-state index is -4.36. The van der Waals surface area contributed by atoms with Crippen LogP contribution in [0.25, 0.3) is 6.08 Å². The second-order valence-electron chi connectivity index (χ2n) is 2.97. The zero-order valence-corrected chi connectivity index (χ0v) is 8.16. The van der Waals surface area contributed by atoms with Crippen molar-refractivity contribution in [3.05, 3.63) is 42.0 Å². The molecule has 0 fully saturated rings. The molecule has 0 saturated carbocycles. The lowest BCUT2D eigenvalue weighted by Gasteiger charge is -2.14. The Labute approximate surface area is 86.2 Å². The third kappa shape index (κ3) is 3.75. The fourth-order valence-electron chi connectivity index (χ4n) is 1.08. The molecule has 0 aromatic heterocycles. The Kier molecular flexibility index (Phi) is 3.91. The predicted octanol–water partition coefficient (Wildman–Crippen LogP) is 3.28. The van der Waals surface area contributed by atoms with E-state index >= 15 is 0 Å². The van der Waals surface area contributed by atoms with E-state index in [-0.39, 0.29) is 0 Å². The molecule has 82 valence electrons. The van der Waals surface area contributed by atoms with Gasteiger partial charge in [-0.1, -0.05) is 36.4 Å². The summed E-state index contributed by atoms with van der Waals surface area (Å²) in [5, 5.41) is 0. The molecule has 0 aliphatic carbocycles. The van der Waals surface area contributed by atoms with E-state index < -0.39 is 12.3 Å². The average Bonchev–Trinajstić information content (AvgIpc) is 2.18. The largest absolute Gasteiger partial charge is 0.418 e. The number of hydrogen-bond acceptors (Lipinski definition) is 1. The van der Waals surface area contributed by atoms with E-state index in [2.05, 4.69) is 4.74 Å². The van der Waals surface area contributed by atoms with Crippen LogP contribution in [0.1, 0.15) is 5.56 Å². The van der Waals surface area contributed by atoms with Gasteiger partial charge in [0.15, 0.2) is 6.10 Å². The maximum Gasteiger partial charge on any atom is 0.418 e. The predicted molar refractivity (Wildman–Crippen MR) is 52.3 cm³/mol. The lowest BCUT2D eigenvalue weighted by Crippen LogP contribution is -2.28. The van der Waals surface area contributed by atoms with Gasteiger partial charge in [-0.15, -0.1) is 0 Å². The third-order valence-electron chi connectivity index (χ3n) is 1.84. The molecule has 0 aliphatic rings. The summed E-state index contributed by atoms with van der Waals surface area (Å²) in [6.07, 6.45) is -3.82. The van der Waals surface area contributed by atoms with Crippen molar-refractivity contribution in [3.63, 3.8) is 0 Å². The number of hydrogen-bond donors (Lipinski definition) is 0. The summed E-state index contributed by atoms with van der Waals surface area (Å²) >= 11 is 0. The van der Waals surface area contributed by atoms with Crippen molar-refractivity contribution in [1.82, 2.24) is 0 Å². The van der Waals surface area contributed by atoms with Crippen LogP contribution >= 0.6 is 0 Å². The Balaban J connectivity index is 2.72. The highest BCUT2D eigenvalue weighted by atomic mass is 19.4. The van der Waals surface area contributed by atoms with Crippen LogP contribution < -0.4 is 0 Å². The molecule has 0 heterocycles. The Morgan fingerprint density at radius 1 is 1.20 bits per heavy atom. The van der Waals surface area contributed by atoms with Crippen LogP contribution in [0.2, 0.25) is 0 Å². The van der Waals surface area contributed by atoms with Gasteiger partial charge >= 0.3 is 6.18 Å². The summed E-state index contributed by atoms with van der Waals surface area (Å²) in [5.41, 5.74) is 0.712. The molecule has 0 saturated heterocycles. The molecule has 1 aromatic carbocycles. The maximum absolute atomic E-state index is 12.2. The number of ether oxygens (including phenoxy) is 1. The maximum atomic E-state index is 12.2. The first-order valence-electron chi connectivity index (χ1n) is 4.37. The van der Waals surface area contributed by atoms with Crippen LogP contribution in [-0.2, 0) is 4.74 Å². The topological polar surface area (TPSA) is 9.23 Å². The quantitative estimate of drug-likeness (QED) is 0.753. The molecule has 0 bridgehead atoms. The first kappa shape index (κ1) is 11.8. The Bertz CT molecular complexity index is 316. The van der Waals surface area contributed by atoms with Gasteiger partial charge in [-0.05, 0) is 11.6 Å². The van der Waals surface area contributed by atoms with Crippen molar-refractivity contribution in [1.29, 1.82) is 0 Å². The van der Waals surface area contributed by atoms with Crippen LogP contribution in [0.4, 0.5) is 13.2 Å². The minimum absolute atomic E-state index is 0.712. The van der Waals surface area contributed by atoms with E-state index in [9.17, 15) is 13.2 Å². The van der Waals surface area contributed by atoms with Crippen LogP contribution in [0, 0.1) is 0 Å². The molecule has 0 radical (unpaired) electrons. The van der Waals surface area contributed by atoms with Crippen molar-refractivity contribution < 1.29 is 17.9 Å². The molecular weight excluding hydrogens is 205 g/mol. The van der Waals surface area contributed by atoms with Crippen molar-refractivity contribution in [2.45, 2.75) is 12.3 Å². The number of benzene rings is 1. The molecule has 0 N–H and O–H groups in total. The second kappa shape index (κ2) is 4.98. The highest BCUT2D eigenvalue weighted by Crippen LogP contribution is 2.23. The van der Waals surface area contributed by atoms with Gasteiger partial charge in [0.05, 0.1) is 0 Å². The molecule has 0 amide bonds. The molecular formula is C11H11F3O. The molecule has 15 heavy (non-hydrogen) atoms. The summed E-state index contributed by atoms with van der Waals surface area (Å²) in [5.74, 6) is 0.